The molecule has 2 aromatic rings. The normalized spacial score (nSPS) is 23.2. The summed E-state index contributed by atoms with van der Waals surface area (Å²) < 4.78 is 10.7. The molecule has 0 saturated carbocycles. The SMILES string of the molecule is COC(=O)C1C(C)=NC2=C(C(=O)C[C@H](c3ccc(Cl)cc3)C2)[C@@H]1c1ccccc1OC. The number of ketones is 1. The van der Waals surface area contributed by atoms with E-state index in [4.69, 9.17) is 26.1 Å². The molecule has 1 heterocycles. The van der Waals surface area contributed by atoms with Crippen LogP contribution in [0.4, 0.5) is 0 Å². The van der Waals surface area contributed by atoms with Crippen molar-refractivity contribution in [2.75, 3.05) is 14.2 Å². The van der Waals surface area contributed by atoms with Crippen molar-refractivity contribution >= 4 is 29.1 Å². The number of halogens is 1. The topological polar surface area (TPSA) is 65.0 Å². The number of ether oxygens (including phenoxy) is 2. The fourth-order valence-electron chi connectivity index (χ4n) is 4.72. The Kier molecular flexibility index (Phi) is 5.96. The Bertz CT molecular complexity index is 1090. The molecule has 3 atom stereocenters. The van der Waals surface area contributed by atoms with E-state index < -0.39 is 17.8 Å². The number of Topliss-reactive ketones (excluding diaryl/α,β-unsaturated/α-hetero) is 1. The highest BCUT2D eigenvalue weighted by Gasteiger charge is 2.45. The number of hydrogen-bond donors (Lipinski definition) is 0. The highest BCUT2D eigenvalue weighted by atomic mass is 35.5. The van der Waals surface area contributed by atoms with Crippen LogP contribution < -0.4 is 4.74 Å². The van der Waals surface area contributed by atoms with Crippen LogP contribution in [0.15, 0.2) is 64.8 Å². The van der Waals surface area contributed by atoms with Gasteiger partial charge in [0.25, 0.3) is 0 Å². The van der Waals surface area contributed by atoms with Gasteiger partial charge in [-0.3, -0.25) is 14.6 Å². The Labute approximate surface area is 186 Å². The number of nitrogens with zero attached hydrogens (tertiary/aromatic N) is 1. The van der Waals surface area contributed by atoms with Crippen molar-refractivity contribution in [2.45, 2.75) is 31.6 Å². The van der Waals surface area contributed by atoms with E-state index in [1.807, 2.05) is 55.5 Å². The second kappa shape index (κ2) is 8.67. The minimum absolute atomic E-state index is 0.00209. The molecular formula is C25H24ClNO4. The first kappa shape index (κ1) is 21.3. The van der Waals surface area contributed by atoms with Gasteiger partial charge in [-0.15, -0.1) is 0 Å². The fraction of sp³-hybridized carbons (Fsp3) is 0.320. The first-order valence-corrected chi connectivity index (χ1v) is 10.6. The summed E-state index contributed by atoms with van der Waals surface area (Å²) in [6, 6.07) is 15.1. The van der Waals surface area contributed by atoms with E-state index in [1.165, 1.54) is 7.11 Å². The number of esters is 1. The molecule has 0 amide bonds. The first-order chi connectivity index (χ1) is 14.9. The number of carbonyl (C=O) groups is 2. The zero-order chi connectivity index (χ0) is 22.1. The smallest absolute Gasteiger partial charge is 0.315 e. The number of para-hydroxylation sites is 1. The molecular weight excluding hydrogens is 414 g/mol. The average molecular weight is 438 g/mol. The second-order valence-corrected chi connectivity index (χ2v) is 8.35. The summed E-state index contributed by atoms with van der Waals surface area (Å²) in [6.45, 7) is 1.82. The van der Waals surface area contributed by atoms with Crippen LogP contribution in [0.3, 0.4) is 0 Å². The van der Waals surface area contributed by atoms with Gasteiger partial charge in [0.05, 0.1) is 14.2 Å². The Hall–Kier alpha value is -2.92. The summed E-state index contributed by atoms with van der Waals surface area (Å²) in [5.74, 6) is -0.909. The summed E-state index contributed by atoms with van der Waals surface area (Å²) in [6.07, 6.45) is 0.980. The van der Waals surface area contributed by atoms with Crippen molar-refractivity contribution in [3.63, 3.8) is 0 Å². The van der Waals surface area contributed by atoms with Gasteiger partial charge in [-0.1, -0.05) is 41.9 Å². The quantitative estimate of drug-likeness (QED) is 0.624. The number of aliphatic imine (C=N–C) groups is 1. The molecule has 0 radical (unpaired) electrons. The van der Waals surface area contributed by atoms with Gasteiger partial charge in [-0.25, -0.2) is 0 Å². The maximum absolute atomic E-state index is 13.5. The monoisotopic (exact) mass is 437 g/mol. The number of allylic oxidation sites excluding steroid dienone is 2. The van der Waals surface area contributed by atoms with E-state index >= 15 is 0 Å². The van der Waals surface area contributed by atoms with Gasteiger partial charge in [0.2, 0.25) is 0 Å². The van der Waals surface area contributed by atoms with Gasteiger partial charge in [0.15, 0.2) is 5.78 Å². The van der Waals surface area contributed by atoms with E-state index in [1.54, 1.807) is 7.11 Å². The third-order valence-corrected chi connectivity index (χ3v) is 6.41. The minimum Gasteiger partial charge on any atom is -0.496 e. The number of hydrogen-bond acceptors (Lipinski definition) is 5. The molecule has 1 aliphatic carbocycles. The van der Waals surface area contributed by atoms with Gasteiger partial charge in [-0.2, -0.15) is 0 Å². The highest BCUT2D eigenvalue weighted by molar-refractivity contribution is 6.30. The van der Waals surface area contributed by atoms with Crippen LogP contribution in [0.5, 0.6) is 5.75 Å². The van der Waals surface area contributed by atoms with Crippen LogP contribution in [0, 0.1) is 5.92 Å². The molecule has 0 N–H and O–H groups in total. The van der Waals surface area contributed by atoms with Crippen LogP contribution in [-0.2, 0) is 14.3 Å². The molecule has 2 aliphatic rings. The lowest BCUT2D eigenvalue weighted by Crippen LogP contribution is -2.37. The van der Waals surface area contributed by atoms with E-state index in [-0.39, 0.29) is 11.7 Å². The molecule has 5 nitrogen and oxygen atoms in total. The Morgan fingerprint density at radius 1 is 1.06 bits per heavy atom. The van der Waals surface area contributed by atoms with Crippen molar-refractivity contribution in [2.24, 2.45) is 10.9 Å². The summed E-state index contributed by atoms with van der Waals surface area (Å²) in [5, 5.41) is 0.662. The Balaban J connectivity index is 1.83. The van der Waals surface area contributed by atoms with E-state index in [2.05, 4.69) is 0 Å². The molecule has 4 rings (SSSR count). The molecule has 0 spiro atoms. The lowest BCUT2D eigenvalue weighted by Gasteiger charge is -2.36. The third kappa shape index (κ3) is 3.90. The molecule has 0 saturated heterocycles. The fourth-order valence-corrected chi connectivity index (χ4v) is 4.85. The van der Waals surface area contributed by atoms with Crippen LogP contribution in [0.1, 0.15) is 42.7 Å². The Morgan fingerprint density at radius 2 is 1.77 bits per heavy atom. The standard InChI is InChI=1S/C25H24ClNO4/c1-14-22(25(29)31-3)23(18-6-4-5-7-21(18)30-2)24-19(27-14)12-16(13-20(24)28)15-8-10-17(26)11-9-15/h4-11,16,22-23H,12-13H2,1-3H3/t16-,22?,23-/m1/s1. The predicted molar refractivity (Wildman–Crippen MR) is 120 cm³/mol. The maximum Gasteiger partial charge on any atom is 0.315 e. The lowest BCUT2D eigenvalue weighted by atomic mass is 9.69. The largest absolute Gasteiger partial charge is 0.496 e. The van der Waals surface area contributed by atoms with Crippen LogP contribution >= 0.6 is 11.6 Å². The predicted octanol–water partition coefficient (Wildman–Crippen LogP) is 5.10. The van der Waals surface area contributed by atoms with Gasteiger partial charge in [-0.05, 0) is 43.0 Å². The van der Waals surface area contributed by atoms with E-state index in [0.717, 1.165) is 16.8 Å². The molecule has 0 bridgehead atoms. The summed E-state index contributed by atoms with van der Waals surface area (Å²) in [7, 11) is 2.95. The molecule has 31 heavy (non-hydrogen) atoms. The zero-order valence-corrected chi connectivity index (χ0v) is 18.5. The number of carbonyl (C=O) groups excluding carboxylic acids is 2. The summed E-state index contributed by atoms with van der Waals surface area (Å²) in [4.78, 5) is 31.0. The molecule has 2 aromatic carbocycles. The minimum atomic E-state index is -0.670. The third-order valence-electron chi connectivity index (χ3n) is 6.16. The van der Waals surface area contributed by atoms with Crippen molar-refractivity contribution in [3.05, 3.63) is 76.0 Å². The van der Waals surface area contributed by atoms with Crippen molar-refractivity contribution < 1.29 is 19.1 Å². The number of rotatable bonds is 4. The molecule has 0 aromatic heterocycles. The average Bonchev–Trinajstić information content (AvgIpc) is 2.78. The maximum atomic E-state index is 13.5. The number of methoxy groups -OCH3 is 2. The van der Waals surface area contributed by atoms with E-state index in [9.17, 15) is 9.59 Å². The zero-order valence-electron chi connectivity index (χ0n) is 17.7. The summed E-state index contributed by atoms with van der Waals surface area (Å²) >= 11 is 6.03. The highest BCUT2D eigenvalue weighted by Crippen LogP contribution is 2.48. The van der Waals surface area contributed by atoms with Crippen LogP contribution in [0.25, 0.3) is 0 Å². The van der Waals surface area contributed by atoms with Crippen LogP contribution in [0.2, 0.25) is 5.02 Å². The molecule has 6 heteroatoms. The van der Waals surface area contributed by atoms with Crippen molar-refractivity contribution in [3.8, 4) is 5.75 Å². The van der Waals surface area contributed by atoms with Gasteiger partial charge < -0.3 is 9.47 Å². The molecule has 160 valence electrons. The molecule has 1 aliphatic heterocycles. The van der Waals surface area contributed by atoms with E-state index in [0.29, 0.717) is 34.9 Å². The Morgan fingerprint density at radius 3 is 2.45 bits per heavy atom. The molecule has 1 unspecified atom stereocenters. The lowest BCUT2D eigenvalue weighted by molar-refractivity contribution is -0.143. The summed E-state index contributed by atoms with van der Waals surface area (Å²) in [5.41, 5.74) is 3.83. The van der Waals surface area contributed by atoms with Crippen molar-refractivity contribution in [1.29, 1.82) is 0 Å². The van der Waals surface area contributed by atoms with Crippen LogP contribution in [-0.4, -0.2) is 31.7 Å². The van der Waals surface area contributed by atoms with Gasteiger partial charge in [0, 0.05) is 39.9 Å². The number of benzene rings is 2. The van der Waals surface area contributed by atoms with Gasteiger partial charge >= 0.3 is 5.97 Å². The first-order valence-electron chi connectivity index (χ1n) is 10.2. The molecule has 0 fully saturated rings. The van der Waals surface area contributed by atoms with Gasteiger partial charge in [0.1, 0.15) is 11.7 Å². The van der Waals surface area contributed by atoms with Crippen molar-refractivity contribution in [1.82, 2.24) is 0 Å². The second-order valence-electron chi connectivity index (χ2n) is 7.91.